The fraction of sp³-hybridized carbons (Fsp3) is 0.240. The summed E-state index contributed by atoms with van der Waals surface area (Å²) in [6, 6.07) is 16.4. The molecule has 3 aromatic carbocycles. The van der Waals surface area contributed by atoms with E-state index in [1.165, 1.54) is 24.3 Å². The average Bonchev–Trinajstić information content (AvgIpc) is 2.73. The van der Waals surface area contributed by atoms with Crippen molar-refractivity contribution in [3.8, 4) is 0 Å². The minimum atomic E-state index is -3.99. The third kappa shape index (κ3) is 5.41. The molecule has 168 valence electrons. The van der Waals surface area contributed by atoms with Crippen molar-refractivity contribution in [2.24, 2.45) is 0 Å². The molecule has 5 nitrogen and oxygen atoms in total. The summed E-state index contributed by atoms with van der Waals surface area (Å²) in [6.07, 6.45) is 0. The first-order valence-electron chi connectivity index (χ1n) is 10.3. The Bertz CT molecular complexity index is 1220. The van der Waals surface area contributed by atoms with Crippen LogP contribution >= 0.6 is 0 Å². The molecule has 3 aromatic rings. The van der Waals surface area contributed by atoms with Crippen LogP contribution in [-0.4, -0.2) is 25.2 Å². The monoisotopic (exact) mass is 454 g/mol. The fourth-order valence-electron chi connectivity index (χ4n) is 3.49. The summed E-state index contributed by atoms with van der Waals surface area (Å²) in [5.74, 6) is -0.858. The number of carbonyl (C=O) groups is 1. The van der Waals surface area contributed by atoms with E-state index in [0.717, 1.165) is 21.0 Å². The van der Waals surface area contributed by atoms with Gasteiger partial charge in [-0.3, -0.25) is 4.79 Å². The minimum Gasteiger partial charge on any atom is -0.324 e. The maximum atomic E-state index is 13.6. The molecule has 32 heavy (non-hydrogen) atoms. The van der Waals surface area contributed by atoms with E-state index in [1.54, 1.807) is 19.1 Å². The maximum Gasteiger partial charge on any atom is 0.244 e. The summed E-state index contributed by atoms with van der Waals surface area (Å²) in [6.45, 7) is 6.87. The molecule has 0 aliphatic heterocycles. The average molecular weight is 455 g/mol. The molecule has 7 heteroatoms. The van der Waals surface area contributed by atoms with Gasteiger partial charge in [0, 0.05) is 12.2 Å². The Balaban J connectivity index is 1.95. The van der Waals surface area contributed by atoms with Gasteiger partial charge >= 0.3 is 0 Å². The topological polar surface area (TPSA) is 66.5 Å². The van der Waals surface area contributed by atoms with Gasteiger partial charge in [0.05, 0.1) is 11.4 Å². The van der Waals surface area contributed by atoms with Crippen LogP contribution in [0.4, 0.5) is 10.1 Å². The zero-order valence-electron chi connectivity index (χ0n) is 18.6. The highest BCUT2D eigenvalue weighted by Gasteiger charge is 2.28. The first-order chi connectivity index (χ1) is 15.1. The number of aryl methyl sites for hydroxylation is 4. The second-order valence-electron chi connectivity index (χ2n) is 7.98. The van der Waals surface area contributed by atoms with E-state index < -0.39 is 21.7 Å². The van der Waals surface area contributed by atoms with Gasteiger partial charge in [0.2, 0.25) is 15.9 Å². The Kier molecular flexibility index (Phi) is 7.11. The standard InChI is InChI=1S/C25H27FN2O3S/c1-17-8-9-18(2)23(14-17)32(30,31)28(15-21-10-12-22(26)13-11-21)16-24(29)27-25-19(3)6-5-7-20(25)4/h5-14H,15-16H2,1-4H3,(H,27,29). The molecular weight excluding hydrogens is 427 g/mol. The summed E-state index contributed by atoms with van der Waals surface area (Å²) >= 11 is 0. The van der Waals surface area contributed by atoms with Gasteiger partial charge in [0.1, 0.15) is 5.82 Å². The van der Waals surface area contributed by atoms with E-state index in [9.17, 15) is 17.6 Å². The summed E-state index contributed by atoms with van der Waals surface area (Å²) < 4.78 is 41.6. The third-order valence-corrected chi connectivity index (χ3v) is 7.23. The van der Waals surface area contributed by atoms with Crippen molar-refractivity contribution in [2.45, 2.75) is 39.1 Å². The van der Waals surface area contributed by atoms with E-state index in [-0.39, 0.29) is 18.0 Å². The van der Waals surface area contributed by atoms with Crippen LogP contribution in [0.3, 0.4) is 0 Å². The van der Waals surface area contributed by atoms with Crippen LogP contribution in [0.15, 0.2) is 65.6 Å². The zero-order valence-corrected chi connectivity index (χ0v) is 19.5. The largest absolute Gasteiger partial charge is 0.324 e. The number of benzene rings is 3. The summed E-state index contributed by atoms with van der Waals surface area (Å²) in [5.41, 5.74) is 4.43. The third-order valence-electron chi connectivity index (χ3n) is 5.30. The number of carbonyl (C=O) groups excluding carboxylic acids is 1. The molecule has 1 N–H and O–H groups in total. The van der Waals surface area contributed by atoms with Crippen LogP contribution in [0.5, 0.6) is 0 Å². The predicted octanol–water partition coefficient (Wildman–Crippen LogP) is 4.89. The second-order valence-corrected chi connectivity index (χ2v) is 9.89. The molecule has 1 amide bonds. The molecule has 0 atom stereocenters. The van der Waals surface area contributed by atoms with E-state index in [0.29, 0.717) is 16.8 Å². The van der Waals surface area contributed by atoms with Crippen molar-refractivity contribution in [1.29, 1.82) is 0 Å². The number of anilines is 1. The molecule has 0 aliphatic carbocycles. The second kappa shape index (κ2) is 9.63. The van der Waals surface area contributed by atoms with Crippen LogP contribution in [0.25, 0.3) is 0 Å². The number of nitrogens with zero attached hydrogens (tertiary/aromatic N) is 1. The lowest BCUT2D eigenvalue weighted by Gasteiger charge is -2.23. The molecular formula is C25H27FN2O3S. The Hall–Kier alpha value is -3.03. The molecule has 0 bridgehead atoms. The molecule has 0 saturated heterocycles. The highest BCUT2D eigenvalue weighted by Crippen LogP contribution is 2.24. The predicted molar refractivity (Wildman–Crippen MR) is 124 cm³/mol. The van der Waals surface area contributed by atoms with Crippen molar-refractivity contribution in [3.63, 3.8) is 0 Å². The van der Waals surface area contributed by atoms with E-state index in [1.807, 2.05) is 45.0 Å². The maximum absolute atomic E-state index is 13.6. The quantitative estimate of drug-likeness (QED) is 0.553. The van der Waals surface area contributed by atoms with Gasteiger partial charge in [-0.15, -0.1) is 0 Å². The number of amides is 1. The van der Waals surface area contributed by atoms with Gasteiger partial charge in [-0.2, -0.15) is 4.31 Å². The lowest BCUT2D eigenvalue weighted by molar-refractivity contribution is -0.116. The Morgan fingerprint density at radius 1 is 0.906 bits per heavy atom. The molecule has 0 aliphatic rings. The molecule has 0 unspecified atom stereocenters. The van der Waals surface area contributed by atoms with Crippen LogP contribution in [-0.2, 0) is 21.4 Å². The molecule has 0 aromatic heterocycles. The molecule has 0 radical (unpaired) electrons. The van der Waals surface area contributed by atoms with Crippen LogP contribution in [0.1, 0.15) is 27.8 Å². The number of sulfonamides is 1. The Morgan fingerprint density at radius 3 is 2.16 bits per heavy atom. The first-order valence-corrected chi connectivity index (χ1v) is 11.7. The van der Waals surface area contributed by atoms with Crippen LogP contribution in [0, 0.1) is 33.5 Å². The van der Waals surface area contributed by atoms with Crippen molar-refractivity contribution in [1.82, 2.24) is 4.31 Å². The van der Waals surface area contributed by atoms with Crippen LogP contribution in [0.2, 0.25) is 0 Å². The number of nitrogens with one attached hydrogen (secondary N) is 1. The summed E-state index contributed by atoms with van der Waals surface area (Å²) in [5, 5.41) is 2.85. The number of para-hydroxylation sites is 1. The fourth-order valence-corrected chi connectivity index (χ4v) is 5.19. The number of hydrogen-bond acceptors (Lipinski definition) is 3. The number of rotatable bonds is 7. The molecule has 0 heterocycles. The lowest BCUT2D eigenvalue weighted by atomic mass is 10.1. The van der Waals surface area contributed by atoms with Crippen molar-refractivity contribution in [3.05, 3.63) is 94.3 Å². The normalized spacial score (nSPS) is 11.6. The van der Waals surface area contributed by atoms with Gasteiger partial charge in [0.25, 0.3) is 0 Å². The minimum absolute atomic E-state index is 0.0594. The Labute approximate surface area is 188 Å². The van der Waals surface area contributed by atoms with Crippen LogP contribution < -0.4 is 5.32 Å². The lowest BCUT2D eigenvalue weighted by Crippen LogP contribution is -2.38. The van der Waals surface area contributed by atoms with Gasteiger partial charge in [-0.05, 0) is 73.7 Å². The van der Waals surface area contributed by atoms with Crippen molar-refractivity contribution in [2.75, 3.05) is 11.9 Å². The van der Waals surface area contributed by atoms with Gasteiger partial charge in [-0.25, -0.2) is 12.8 Å². The molecule has 0 spiro atoms. The molecule has 3 rings (SSSR count). The molecule has 0 saturated carbocycles. The Morgan fingerprint density at radius 2 is 1.53 bits per heavy atom. The SMILES string of the molecule is Cc1ccc(C)c(S(=O)(=O)N(CC(=O)Nc2c(C)cccc2C)Cc2ccc(F)cc2)c1. The summed E-state index contributed by atoms with van der Waals surface area (Å²) in [4.78, 5) is 13.1. The first kappa shape index (κ1) is 23.6. The molecule has 0 fully saturated rings. The zero-order chi connectivity index (χ0) is 23.5. The van der Waals surface area contributed by atoms with Crippen molar-refractivity contribution >= 4 is 21.6 Å². The van der Waals surface area contributed by atoms with Crippen molar-refractivity contribution < 1.29 is 17.6 Å². The van der Waals surface area contributed by atoms with Gasteiger partial charge < -0.3 is 5.32 Å². The van der Waals surface area contributed by atoms with E-state index in [4.69, 9.17) is 0 Å². The highest BCUT2D eigenvalue weighted by atomic mass is 32.2. The smallest absolute Gasteiger partial charge is 0.244 e. The summed E-state index contributed by atoms with van der Waals surface area (Å²) in [7, 11) is -3.99. The highest BCUT2D eigenvalue weighted by molar-refractivity contribution is 7.89. The van der Waals surface area contributed by atoms with E-state index >= 15 is 0 Å². The van der Waals surface area contributed by atoms with Gasteiger partial charge in [-0.1, -0.05) is 42.5 Å². The van der Waals surface area contributed by atoms with Gasteiger partial charge in [0.15, 0.2) is 0 Å². The van der Waals surface area contributed by atoms with E-state index in [2.05, 4.69) is 5.32 Å². The number of hydrogen-bond donors (Lipinski definition) is 1. The number of halogens is 1.